The molecule has 0 atom stereocenters. The Morgan fingerprint density at radius 2 is 2.10 bits per heavy atom. The zero-order chi connectivity index (χ0) is 14.7. The lowest BCUT2D eigenvalue weighted by Crippen LogP contribution is -2.37. The summed E-state index contributed by atoms with van der Waals surface area (Å²) in [5.74, 6) is -0.274. The van der Waals surface area contributed by atoms with Crippen LogP contribution in [-0.4, -0.2) is 29.5 Å². The fourth-order valence-electron chi connectivity index (χ4n) is 2.20. The Hall–Kier alpha value is -2.17. The smallest absolute Gasteiger partial charge is 0.270 e. The van der Waals surface area contributed by atoms with E-state index in [1.807, 2.05) is 26.0 Å². The number of nitrogens with zero attached hydrogens (tertiary/aromatic N) is 2. The monoisotopic (exact) mass is 273 g/mol. The fraction of sp³-hybridized carbons (Fsp3) is 0.400. The standard InChI is InChI=1S/C15H19N3O2/c1-10-4-5-12(11(2)8-10)9-18(3)15(20)13-6-7-14(19)17-16-13/h4-5,8H,6-7,9H2,1-3H3,(H,17,19). The highest BCUT2D eigenvalue weighted by molar-refractivity contribution is 6.39. The molecule has 1 aromatic carbocycles. The number of aryl methyl sites for hydroxylation is 2. The number of benzene rings is 1. The summed E-state index contributed by atoms with van der Waals surface area (Å²) in [6.45, 7) is 4.63. The summed E-state index contributed by atoms with van der Waals surface area (Å²) in [5.41, 5.74) is 6.26. The van der Waals surface area contributed by atoms with Crippen LogP contribution in [0, 0.1) is 13.8 Å². The van der Waals surface area contributed by atoms with Crippen LogP contribution in [0.25, 0.3) is 0 Å². The quantitative estimate of drug-likeness (QED) is 0.907. The van der Waals surface area contributed by atoms with Gasteiger partial charge in [-0.1, -0.05) is 23.8 Å². The lowest BCUT2D eigenvalue weighted by Gasteiger charge is -2.21. The van der Waals surface area contributed by atoms with Crippen molar-refractivity contribution >= 4 is 17.5 Å². The van der Waals surface area contributed by atoms with Crippen molar-refractivity contribution in [2.24, 2.45) is 5.10 Å². The van der Waals surface area contributed by atoms with Crippen molar-refractivity contribution in [3.05, 3.63) is 34.9 Å². The largest absolute Gasteiger partial charge is 0.336 e. The van der Waals surface area contributed by atoms with Crippen molar-refractivity contribution in [2.75, 3.05) is 7.05 Å². The normalized spacial score (nSPS) is 14.6. The molecule has 1 aromatic rings. The minimum Gasteiger partial charge on any atom is -0.336 e. The third-order valence-electron chi connectivity index (χ3n) is 3.40. The average Bonchev–Trinajstić information content (AvgIpc) is 2.42. The third-order valence-corrected chi connectivity index (χ3v) is 3.40. The molecule has 0 bridgehead atoms. The molecular weight excluding hydrogens is 254 g/mol. The molecule has 1 heterocycles. The van der Waals surface area contributed by atoms with Crippen molar-refractivity contribution in [1.29, 1.82) is 0 Å². The number of carbonyl (C=O) groups excluding carboxylic acids is 2. The lowest BCUT2D eigenvalue weighted by molar-refractivity contribution is -0.124. The Bertz CT molecular complexity index is 578. The first kappa shape index (κ1) is 14.2. The van der Waals surface area contributed by atoms with E-state index >= 15 is 0 Å². The van der Waals surface area contributed by atoms with Gasteiger partial charge in [-0.25, -0.2) is 5.43 Å². The molecule has 0 spiro atoms. The van der Waals surface area contributed by atoms with E-state index in [1.165, 1.54) is 11.1 Å². The maximum Gasteiger partial charge on any atom is 0.270 e. The van der Waals surface area contributed by atoms with Crippen LogP contribution in [0.4, 0.5) is 0 Å². The second-order valence-electron chi connectivity index (χ2n) is 5.18. The Morgan fingerprint density at radius 1 is 1.35 bits per heavy atom. The Morgan fingerprint density at radius 3 is 2.70 bits per heavy atom. The number of nitrogens with one attached hydrogen (secondary N) is 1. The van der Waals surface area contributed by atoms with Crippen LogP contribution in [0.1, 0.15) is 29.5 Å². The lowest BCUT2D eigenvalue weighted by atomic mass is 10.0. The highest BCUT2D eigenvalue weighted by Crippen LogP contribution is 2.13. The van der Waals surface area contributed by atoms with Gasteiger partial charge in [-0.2, -0.15) is 5.10 Å². The Kier molecular flexibility index (Phi) is 4.17. The van der Waals surface area contributed by atoms with Crippen LogP contribution in [0.15, 0.2) is 23.3 Å². The van der Waals surface area contributed by atoms with E-state index in [0.29, 0.717) is 25.1 Å². The summed E-state index contributed by atoms with van der Waals surface area (Å²) in [6, 6.07) is 6.18. The fourth-order valence-corrected chi connectivity index (χ4v) is 2.20. The highest BCUT2D eigenvalue weighted by Gasteiger charge is 2.21. The van der Waals surface area contributed by atoms with Gasteiger partial charge in [-0.15, -0.1) is 0 Å². The van der Waals surface area contributed by atoms with Gasteiger partial charge in [0.1, 0.15) is 5.71 Å². The SMILES string of the molecule is Cc1ccc(CN(C)C(=O)C2=NNC(=O)CC2)c(C)c1. The van der Waals surface area contributed by atoms with E-state index in [4.69, 9.17) is 0 Å². The zero-order valence-corrected chi connectivity index (χ0v) is 12.1. The molecule has 0 aliphatic carbocycles. The number of hydrogen-bond donors (Lipinski definition) is 1. The molecule has 1 aliphatic rings. The van der Waals surface area contributed by atoms with Gasteiger partial charge in [0, 0.05) is 26.4 Å². The molecule has 1 aliphatic heterocycles. The highest BCUT2D eigenvalue weighted by atomic mass is 16.2. The Labute approximate surface area is 118 Å². The molecule has 5 nitrogen and oxygen atoms in total. The maximum atomic E-state index is 12.2. The molecule has 0 saturated heterocycles. The van der Waals surface area contributed by atoms with Crippen LogP contribution in [0.2, 0.25) is 0 Å². The summed E-state index contributed by atoms with van der Waals surface area (Å²) >= 11 is 0. The number of carbonyl (C=O) groups is 2. The molecule has 1 N–H and O–H groups in total. The predicted octanol–water partition coefficient (Wildman–Crippen LogP) is 1.53. The van der Waals surface area contributed by atoms with Crippen LogP contribution in [-0.2, 0) is 16.1 Å². The first-order valence-electron chi connectivity index (χ1n) is 6.64. The van der Waals surface area contributed by atoms with E-state index in [-0.39, 0.29) is 11.8 Å². The van der Waals surface area contributed by atoms with Crippen LogP contribution >= 0.6 is 0 Å². The molecule has 0 fully saturated rings. The third kappa shape index (κ3) is 3.23. The molecule has 2 rings (SSSR count). The van der Waals surface area contributed by atoms with E-state index in [0.717, 1.165) is 5.56 Å². The summed E-state index contributed by atoms with van der Waals surface area (Å²) in [4.78, 5) is 24.9. The Balaban J connectivity index is 2.06. The number of rotatable bonds is 3. The molecule has 0 saturated carbocycles. The number of hydrazone groups is 1. The zero-order valence-electron chi connectivity index (χ0n) is 12.1. The van der Waals surface area contributed by atoms with E-state index in [9.17, 15) is 9.59 Å². The van der Waals surface area contributed by atoms with Crippen LogP contribution in [0.3, 0.4) is 0 Å². The molecular formula is C15H19N3O2. The van der Waals surface area contributed by atoms with Gasteiger partial charge in [0.25, 0.3) is 5.91 Å². The van der Waals surface area contributed by atoms with Gasteiger partial charge >= 0.3 is 0 Å². The van der Waals surface area contributed by atoms with E-state index in [1.54, 1.807) is 11.9 Å². The van der Waals surface area contributed by atoms with Crippen molar-refractivity contribution in [3.8, 4) is 0 Å². The second-order valence-corrected chi connectivity index (χ2v) is 5.18. The maximum absolute atomic E-state index is 12.2. The summed E-state index contributed by atoms with van der Waals surface area (Å²) in [5, 5.41) is 3.84. The van der Waals surface area contributed by atoms with Gasteiger partial charge in [-0.3, -0.25) is 9.59 Å². The van der Waals surface area contributed by atoms with Crippen molar-refractivity contribution < 1.29 is 9.59 Å². The molecule has 5 heteroatoms. The molecule has 0 radical (unpaired) electrons. The molecule has 0 unspecified atom stereocenters. The topological polar surface area (TPSA) is 61.8 Å². The van der Waals surface area contributed by atoms with Crippen LogP contribution < -0.4 is 5.43 Å². The first-order chi connectivity index (χ1) is 9.47. The van der Waals surface area contributed by atoms with Gasteiger partial charge in [0.15, 0.2) is 0 Å². The van der Waals surface area contributed by atoms with Gasteiger partial charge in [0.2, 0.25) is 5.91 Å². The molecule has 106 valence electrons. The summed E-state index contributed by atoms with van der Waals surface area (Å²) in [7, 11) is 1.75. The van der Waals surface area contributed by atoms with Gasteiger partial charge in [0.05, 0.1) is 0 Å². The summed E-state index contributed by atoms with van der Waals surface area (Å²) < 4.78 is 0. The first-order valence-corrected chi connectivity index (χ1v) is 6.64. The van der Waals surface area contributed by atoms with Crippen molar-refractivity contribution in [3.63, 3.8) is 0 Å². The minimum absolute atomic E-state index is 0.134. The number of amides is 2. The van der Waals surface area contributed by atoms with Gasteiger partial charge in [-0.05, 0) is 25.0 Å². The van der Waals surface area contributed by atoms with Gasteiger partial charge < -0.3 is 4.90 Å². The average molecular weight is 273 g/mol. The number of hydrogen-bond acceptors (Lipinski definition) is 3. The predicted molar refractivity (Wildman–Crippen MR) is 77.2 cm³/mol. The molecule has 2 amide bonds. The summed E-state index contributed by atoms with van der Waals surface area (Å²) in [6.07, 6.45) is 0.726. The molecule has 20 heavy (non-hydrogen) atoms. The molecule has 0 aromatic heterocycles. The van der Waals surface area contributed by atoms with Crippen LogP contribution in [0.5, 0.6) is 0 Å². The minimum atomic E-state index is -0.140. The second kappa shape index (κ2) is 5.86. The van der Waals surface area contributed by atoms with E-state index < -0.39 is 0 Å². The van der Waals surface area contributed by atoms with E-state index in [2.05, 4.69) is 16.6 Å². The van der Waals surface area contributed by atoms with Crippen molar-refractivity contribution in [1.82, 2.24) is 10.3 Å². The van der Waals surface area contributed by atoms with Crippen molar-refractivity contribution in [2.45, 2.75) is 33.2 Å².